The van der Waals surface area contributed by atoms with Crippen molar-refractivity contribution in [3.8, 4) is 11.3 Å². The highest BCUT2D eigenvalue weighted by atomic mass is 19.1. The summed E-state index contributed by atoms with van der Waals surface area (Å²) in [6.07, 6.45) is 2.95. The summed E-state index contributed by atoms with van der Waals surface area (Å²) in [5.74, 6) is 0.288. The molecule has 2 amide bonds. The second-order valence-corrected chi connectivity index (χ2v) is 9.01. The molecular weight excluding hydrogens is 467 g/mol. The van der Waals surface area contributed by atoms with E-state index in [2.05, 4.69) is 45.3 Å². The molecule has 2 saturated heterocycles. The van der Waals surface area contributed by atoms with Gasteiger partial charge in [0.2, 0.25) is 11.9 Å². The number of aromatic nitrogens is 3. The van der Waals surface area contributed by atoms with Gasteiger partial charge in [-0.3, -0.25) is 9.69 Å². The molecule has 0 unspecified atom stereocenters. The molecule has 2 N–H and O–H groups in total. The van der Waals surface area contributed by atoms with E-state index in [0.717, 1.165) is 51.1 Å². The number of piperidine rings is 1. The highest BCUT2D eigenvalue weighted by molar-refractivity contribution is 5.78. The molecule has 4 rings (SSSR count). The number of methoxy groups -OCH3 is 1. The fraction of sp³-hybridized carbons (Fsp3) is 0.542. The molecule has 1 aromatic heterocycles. The average Bonchev–Trinajstić information content (AvgIpc) is 2.90. The van der Waals surface area contributed by atoms with E-state index in [1.807, 2.05) is 0 Å². The number of hydrogen-bond donors (Lipinski definition) is 2. The van der Waals surface area contributed by atoms with Gasteiger partial charge in [0.1, 0.15) is 5.82 Å². The lowest BCUT2D eigenvalue weighted by Crippen LogP contribution is -2.52. The maximum absolute atomic E-state index is 13.2. The molecule has 2 aliphatic heterocycles. The Kier molecular flexibility index (Phi) is 8.95. The highest BCUT2D eigenvalue weighted by Gasteiger charge is 2.24. The number of piperazine rings is 1. The van der Waals surface area contributed by atoms with E-state index < -0.39 is 6.09 Å². The van der Waals surface area contributed by atoms with Crippen LogP contribution in [0.2, 0.25) is 0 Å². The van der Waals surface area contributed by atoms with E-state index in [9.17, 15) is 14.0 Å². The van der Waals surface area contributed by atoms with Crippen LogP contribution in [0.3, 0.4) is 0 Å². The van der Waals surface area contributed by atoms with Crippen molar-refractivity contribution in [2.75, 3.05) is 70.9 Å². The molecule has 2 aliphatic rings. The summed E-state index contributed by atoms with van der Waals surface area (Å²) in [6.45, 7) is 6.30. The standard InChI is InChI=1S/C24H33FN8O3/c1-36-24(35)26-8-11-31-9-6-20(7-10-31)28-22(34)17-32-12-14-33(15-13-32)23-29-21(16-27-30-23)18-2-4-19(25)5-3-18/h2-5,16,20H,6-15,17H2,1H3,(H,26,35)(H,28,34). The SMILES string of the molecule is COC(=O)NCCN1CCC(NC(=O)CN2CCN(c3nncc(-c4ccc(F)cc4)n3)CC2)CC1. The Bertz CT molecular complexity index is 1010. The van der Waals surface area contributed by atoms with Crippen molar-refractivity contribution in [2.45, 2.75) is 18.9 Å². The molecule has 36 heavy (non-hydrogen) atoms. The van der Waals surface area contributed by atoms with Crippen molar-refractivity contribution in [2.24, 2.45) is 0 Å². The summed E-state index contributed by atoms with van der Waals surface area (Å²) in [5.41, 5.74) is 1.43. The Morgan fingerprint density at radius 3 is 2.47 bits per heavy atom. The summed E-state index contributed by atoms with van der Waals surface area (Å²) in [4.78, 5) is 34.8. The minimum atomic E-state index is -0.416. The lowest BCUT2D eigenvalue weighted by Gasteiger charge is -2.35. The van der Waals surface area contributed by atoms with Gasteiger partial charge in [0, 0.05) is 64.0 Å². The van der Waals surface area contributed by atoms with Gasteiger partial charge in [-0.15, -0.1) is 5.10 Å². The van der Waals surface area contributed by atoms with Crippen LogP contribution in [0, 0.1) is 5.82 Å². The Hall–Kier alpha value is -3.38. The Balaban J connectivity index is 1.16. The van der Waals surface area contributed by atoms with E-state index in [-0.39, 0.29) is 17.8 Å². The van der Waals surface area contributed by atoms with Crippen LogP contribution >= 0.6 is 0 Å². The van der Waals surface area contributed by atoms with E-state index in [4.69, 9.17) is 0 Å². The van der Waals surface area contributed by atoms with Crippen molar-refractivity contribution < 1.29 is 18.7 Å². The normalized spacial score (nSPS) is 17.6. The van der Waals surface area contributed by atoms with Crippen LogP contribution in [-0.2, 0) is 9.53 Å². The third-order valence-corrected chi connectivity index (χ3v) is 6.55. The largest absolute Gasteiger partial charge is 0.453 e. The smallest absolute Gasteiger partial charge is 0.406 e. The molecule has 2 aromatic rings. The number of ether oxygens (including phenoxy) is 1. The predicted octanol–water partition coefficient (Wildman–Crippen LogP) is 0.736. The number of amides is 2. The van der Waals surface area contributed by atoms with Gasteiger partial charge in [0.25, 0.3) is 0 Å². The number of carbonyl (C=O) groups is 2. The van der Waals surface area contributed by atoms with Gasteiger partial charge in [-0.05, 0) is 37.1 Å². The molecule has 12 heteroatoms. The lowest BCUT2D eigenvalue weighted by molar-refractivity contribution is -0.123. The first-order valence-corrected chi connectivity index (χ1v) is 12.3. The molecule has 0 atom stereocenters. The molecule has 3 heterocycles. The summed E-state index contributed by atoms with van der Waals surface area (Å²) >= 11 is 0. The molecule has 11 nitrogen and oxygen atoms in total. The number of hydrogen-bond acceptors (Lipinski definition) is 9. The van der Waals surface area contributed by atoms with Crippen LogP contribution in [0.4, 0.5) is 15.1 Å². The third kappa shape index (κ3) is 7.31. The summed E-state index contributed by atoms with van der Waals surface area (Å²) in [5, 5.41) is 14.1. The van der Waals surface area contributed by atoms with Crippen molar-refractivity contribution in [1.29, 1.82) is 0 Å². The summed E-state index contributed by atoms with van der Waals surface area (Å²) < 4.78 is 17.8. The number of halogens is 1. The number of anilines is 1. The van der Waals surface area contributed by atoms with Gasteiger partial charge in [-0.25, -0.2) is 14.2 Å². The van der Waals surface area contributed by atoms with Crippen LogP contribution in [0.5, 0.6) is 0 Å². The quantitative estimate of drug-likeness (QED) is 0.541. The summed E-state index contributed by atoms with van der Waals surface area (Å²) in [6, 6.07) is 6.32. The lowest BCUT2D eigenvalue weighted by atomic mass is 10.1. The number of nitrogens with zero attached hydrogens (tertiary/aromatic N) is 6. The van der Waals surface area contributed by atoms with Crippen LogP contribution < -0.4 is 15.5 Å². The maximum Gasteiger partial charge on any atom is 0.406 e. The monoisotopic (exact) mass is 500 g/mol. The van der Waals surface area contributed by atoms with E-state index >= 15 is 0 Å². The van der Waals surface area contributed by atoms with Crippen molar-refractivity contribution in [3.63, 3.8) is 0 Å². The van der Waals surface area contributed by atoms with Gasteiger partial charge >= 0.3 is 6.09 Å². The molecule has 0 aliphatic carbocycles. The zero-order valence-corrected chi connectivity index (χ0v) is 20.5. The predicted molar refractivity (Wildman–Crippen MR) is 132 cm³/mol. The number of carbonyl (C=O) groups excluding carboxylic acids is 2. The molecule has 0 radical (unpaired) electrons. The molecule has 2 fully saturated rings. The van der Waals surface area contributed by atoms with Gasteiger partial charge in [-0.2, -0.15) is 5.10 Å². The average molecular weight is 501 g/mol. The number of alkyl carbamates (subject to hydrolysis) is 1. The fourth-order valence-electron chi connectivity index (χ4n) is 4.46. The van der Waals surface area contributed by atoms with E-state index in [0.29, 0.717) is 37.8 Å². The molecule has 0 spiro atoms. The second kappa shape index (κ2) is 12.5. The van der Waals surface area contributed by atoms with Crippen LogP contribution in [-0.4, -0.2) is 109 Å². The topological polar surface area (TPSA) is 116 Å². The number of nitrogens with one attached hydrogen (secondary N) is 2. The molecular formula is C24H33FN8O3. The van der Waals surface area contributed by atoms with Crippen LogP contribution in [0.25, 0.3) is 11.3 Å². The Morgan fingerprint density at radius 1 is 1.06 bits per heavy atom. The zero-order valence-electron chi connectivity index (χ0n) is 20.5. The first-order valence-electron chi connectivity index (χ1n) is 12.3. The first kappa shape index (κ1) is 25.7. The fourth-order valence-corrected chi connectivity index (χ4v) is 4.46. The van der Waals surface area contributed by atoms with E-state index in [1.54, 1.807) is 18.3 Å². The number of rotatable bonds is 8. The van der Waals surface area contributed by atoms with Gasteiger partial charge in [-0.1, -0.05) is 0 Å². The minimum absolute atomic E-state index is 0.0467. The van der Waals surface area contributed by atoms with Crippen LogP contribution in [0.15, 0.2) is 30.5 Å². The number of likely N-dealkylation sites (tertiary alicyclic amines) is 1. The van der Waals surface area contributed by atoms with E-state index in [1.165, 1.54) is 19.2 Å². The molecule has 0 bridgehead atoms. The zero-order chi connectivity index (χ0) is 25.3. The molecule has 194 valence electrons. The van der Waals surface area contributed by atoms with Crippen molar-refractivity contribution >= 4 is 17.9 Å². The minimum Gasteiger partial charge on any atom is -0.453 e. The summed E-state index contributed by atoms with van der Waals surface area (Å²) in [7, 11) is 1.35. The third-order valence-electron chi connectivity index (χ3n) is 6.55. The van der Waals surface area contributed by atoms with Gasteiger partial charge in [0.15, 0.2) is 0 Å². The molecule has 0 saturated carbocycles. The Labute approximate surface area is 210 Å². The molecule has 1 aromatic carbocycles. The highest BCUT2D eigenvalue weighted by Crippen LogP contribution is 2.19. The Morgan fingerprint density at radius 2 is 1.78 bits per heavy atom. The van der Waals surface area contributed by atoms with Gasteiger partial charge in [0.05, 0.1) is 25.5 Å². The van der Waals surface area contributed by atoms with Gasteiger partial charge < -0.3 is 25.2 Å². The maximum atomic E-state index is 13.2. The van der Waals surface area contributed by atoms with Crippen molar-refractivity contribution in [1.82, 2.24) is 35.6 Å². The van der Waals surface area contributed by atoms with Crippen molar-refractivity contribution in [3.05, 3.63) is 36.3 Å². The first-order chi connectivity index (χ1) is 17.5. The second-order valence-electron chi connectivity index (χ2n) is 9.01. The van der Waals surface area contributed by atoms with Crippen LogP contribution in [0.1, 0.15) is 12.8 Å². The number of benzene rings is 1.